The van der Waals surface area contributed by atoms with Crippen LogP contribution < -0.4 is 0 Å². The van der Waals surface area contributed by atoms with Crippen LogP contribution in [0.25, 0.3) is 0 Å². The molecule has 0 aromatic rings. The molecule has 0 atom stereocenters. The fraction of sp³-hybridized carbons (Fsp3) is 0.706. The van der Waals surface area contributed by atoms with Gasteiger partial charge in [-0.15, -0.1) is 0 Å². The molecule has 2 heteroatoms. The predicted octanol–water partition coefficient (Wildman–Crippen LogP) is 4.18. The van der Waals surface area contributed by atoms with Crippen LogP contribution in [0.5, 0.6) is 0 Å². The van der Waals surface area contributed by atoms with Crippen molar-refractivity contribution in [2.24, 2.45) is 11.8 Å². The molecule has 0 radical (unpaired) electrons. The van der Waals surface area contributed by atoms with Gasteiger partial charge in [-0.25, -0.2) is 0 Å². The molecule has 19 heavy (non-hydrogen) atoms. The first-order chi connectivity index (χ1) is 9.15. The van der Waals surface area contributed by atoms with Gasteiger partial charge < -0.3 is 4.90 Å². The topological polar surface area (TPSA) is 20.3 Å². The number of hydrogen-bond acceptors (Lipinski definition) is 1. The SMILES string of the molecule is CCC=CCCC=CCN(CC(C)C)C(=O)C1CC1. The van der Waals surface area contributed by atoms with Crippen LogP contribution in [-0.4, -0.2) is 23.9 Å². The zero-order chi connectivity index (χ0) is 14.1. The molecular formula is C17H29NO. The summed E-state index contributed by atoms with van der Waals surface area (Å²) in [6, 6.07) is 0. The van der Waals surface area contributed by atoms with Crippen molar-refractivity contribution < 1.29 is 4.79 Å². The van der Waals surface area contributed by atoms with Gasteiger partial charge in [0.1, 0.15) is 0 Å². The molecule has 0 heterocycles. The summed E-state index contributed by atoms with van der Waals surface area (Å²) >= 11 is 0. The van der Waals surface area contributed by atoms with E-state index in [4.69, 9.17) is 0 Å². The average molecular weight is 263 g/mol. The van der Waals surface area contributed by atoms with Gasteiger partial charge in [0, 0.05) is 19.0 Å². The Bertz CT molecular complexity index is 313. The van der Waals surface area contributed by atoms with E-state index in [9.17, 15) is 4.79 Å². The highest BCUT2D eigenvalue weighted by atomic mass is 16.2. The lowest BCUT2D eigenvalue weighted by atomic mass is 10.2. The molecule has 0 aromatic carbocycles. The van der Waals surface area contributed by atoms with Crippen LogP contribution in [0.15, 0.2) is 24.3 Å². The molecule has 2 nitrogen and oxygen atoms in total. The van der Waals surface area contributed by atoms with E-state index < -0.39 is 0 Å². The van der Waals surface area contributed by atoms with E-state index >= 15 is 0 Å². The van der Waals surface area contributed by atoms with Crippen LogP contribution in [0.3, 0.4) is 0 Å². The van der Waals surface area contributed by atoms with Crippen molar-refractivity contribution in [3.8, 4) is 0 Å². The van der Waals surface area contributed by atoms with E-state index in [-0.39, 0.29) is 0 Å². The lowest BCUT2D eigenvalue weighted by molar-refractivity contribution is -0.132. The Labute approximate surface area is 118 Å². The minimum atomic E-state index is 0.333. The number of carbonyl (C=O) groups is 1. The molecule has 1 saturated carbocycles. The van der Waals surface area contributed by atoms with Crippen molar-refractivity contribution in [2.75, 3.05) is 13.1 Å². The molecule has 1 amide bonds. The van der Waals surface area contributed by atoms with Crippen LogP contribution in [0.4, 0.5) is 0 Å². The lowest BCUT2D eigenvalue weighted by Crippen LogP contribution is -2.35. The van der Waals surface area contributed by atoms with Crippen LogP contribution in [-0.2, 0) is 4.79 Å². The molecule has 0 unspecified atom stereocenters. The smallest absolute Gasteiger partial charge is 0.225 e. The molecule has 0 bridgehead atoms. The van der Waals surface area contributed by atoms with E-state index in [1.807, 2.05) is 4.90 Å². The summed E-state index contributed by atoms with van der Waals surface area (Å²) in [5, 5.41) is 0. The zero-order valence-corrected chi connectivity index (χ0v) is 12.8. The average Bonchev–Trinajstić information content (AvgIpc) is 3.19. The minimum absolute atomic E-state index is 0.333. The van der Waals surface area contributed by atoms with Gasteiger partial charge in [-0.3, -0.25) is 4.79 Å². The summed E-state index contributed by atoms with van der Waals surface area (Å²) in [4.78, 5) is 14.2. The van der Waals surface area contributed by atoms with Gasteiger partial charge in [-0.2, -0.15) is 0 Å². The van der Waals surface area contributed by atoms with E-state index in [0.717, 1.165) is 45.2 Å². The van der Waals surface area contributed by atoms with Crippen molar-refractivity contribution in [2.45, 2.75) is 52.9 Å². The molecule has 0 saturated heterocycles. The van der Waals surface area contributed by atoms with Gasteiger partial charge in [0.15, 0.2) is 0 Å². The molecule has 0 aliphatic heterocycles. The van der Waals surface area contributed by atoms with Gasteiger partial charge in [0.2, 0.25) is 5.91 Å². The largest absolute Gasteiger partial charge is 0.338 e. The first-order valence-electron chi connectivity index (χ1n) is 7.74. The summed E-state index contributed by atoms with van der Waals surface area (Å²) in [7, 11) is 0. The minimum Gasteiger partial charge on any atom is -0.338 e. The highest BCUT2D eigenvalue weighted by molar-refractivity contribution is 5.81. The third-order valence-corrected chi connectivity index (χ3v) is 3.22. The summed E-state index contributed by atoms with van der Waals surface area (Å²) in [6.07, 6.45) is 14.3. The summed E-state index contributed by atoms with van der Waals surface area (Å²) in [6.45, 7) is 8.17. The number of hydrogen-bond donors (Lipinski definition) is 0. The zero-order valence-electron chi connectivity index (χ0n) is 12.8. The summed E-state index contributed by atoms with van der Waals surface area (Å²) in [5.74, 6) is 1.24. The van der Waals surface area contributed by atoms with Gasteiger partial charge in [0.25, 0.3) is 0 Å². The molecular weight excluding hydrogens is 234 g/mol. The normalized spacial score (nSPS) is 15.8. The number of amides is 1. The van der Waals surface area contributed by atoms with Crippen molar-refractivity contribution in [1.29, 1.82) is 0 Å². The van der Waals surface area contributed by atoms with Crippen molar-refractivity contribution in [3.63, 3.8) is 0 Å². The van der Waals surface area contributed by atoms with E-state index in [1.54, 1.807) is 0 Å². The maximum atomic E-state index is 12.1. The van der Waals surface area contributed by atoms with Crippen molar-refractivity contribution >= 4 is 5.91 Å². The molecule has 1 rings (SSSR count). The molecule has 108 valence electrons. The van der Waals surface area contributed by atoms with Gasteiger partial charge in [-0.05, 0) is 38.0 Å². The van der Waals surface area contributed by atoms with Crippen LogP contribution >= 0.6 is 0 Å². The number of rotatable bonds is 9. The third-order valence-electron chi connectivity index (χ3n) is 3.22. The van der Waals surface area contributed by atoms with Crippen LogP contribution in [0.1, 0.15) is 52.9 Å². The third kappa shape index (κ3) is 7.19. The number of unbranched alkanes of at least 4 members (excludes halogenated alkanes) is 1. The first kappa shape index (κ1) is 16.0. The van der Waals surface area contributed by atoms with E-state index in [2.05, 4.69) is 45.1 Å². The fourth-order valence-corrected chi connectivity index (χ4v) is 2.08. The van der Waals surface area contributed by atoms with E-state index in [0.29, 0.717) is 17.7 Å². The molecule has 0 aromatic heterocycles. The monoisotopic (exact) mass is 263 g/mol. The Hall–Kier alpha value is -1.05. The number of nitrogens with zero attached hydrogens (tertiary/aromatic N) is 1. The fourth-order valence-electron chi connectivity index (χ4n) is 2.08. The van der Waals surface area contributed by atoms with Crippen LogP contribution in [0, 0.1) is 11.8 Å². The lowest BCUT2D eigenvalue weighted by Gasteiger charge is -2.23. The number of allylic oxidation sites excluding steroid dienone is 3. The second kappa shape index (κ2) is 8.95. The highest BCUT2D eigenvalue weighted by Crippen LogP contribution is 2.31. The summed E-state index contributed by atoms with van der Waals surface area (Å²) < 4.78 is 0. The molecule has 0 spiro atoms. The second-order valence-corrected chi connectivity index (χ2v) is 5.84. The second-order valence-electron chi connectivity index (χ2n) is 5.84. The van der Waals surface area contributed by atoms with Crippen molar-refractivity contribution in [3.05, 3.63) is 24.3 Å². The Morgan fingerprint density at radius 3 is 2.32 bits per heavy atom. The van der Waals surface area contributed by atoms with Crippen LogP contribution in [0.2, 0.25) is 0 Å². The maximum absolute atomic E-state index is 12.1. The quantitative estimate of drug-likeness (QED) is 0.451. The highest BCUT2D eigenvalue weighted by Gasteiger charge is 2.33. The predicted molar refractivity (Wildman–Crippen MR) is 81.9 cm³/mol. The Morgan fingerprint density at radius 1 is 1.16 bits per heavy atom. The molecule has 1 aliphatic rings. The van der Waals surface area contributed by atoms with Gasteiger partial charge >= 0.3 is 0 Å². The molecule has 0 N–H and O–H groups in total. The van der Waals surface area contributed by atoms with Crippen molar-refractivity contribution in [1.82, 2.24) is 4.90 Å². The maximum Gasteiger partial charge on any atom is 0.225 e. The Kier molecular flexibility index (Phi) is 7.54. The summed E-state index contributed by atoms with van der Waals surface area (Å²) in [5.41, 5.74) is 0. The Morgan fingerprint density at radius 2 is 1.79 bits per heavy atom. The molecule has 1 aliphatic carbocycles. The first-order valence-corrected chi connectivity index (χ1v) is 7.74. The standard InChI is InChI=1S/C17H29NO/c1-4-5-6-7-8-9-10-13-18(14-15(2)3)17(19)16-11-12-16/h5-6,9-10,15-16H,4,7-8,11-14H2,1-3H3. The van der Waals surface area contributed by atoms with Gasteiger partial charge in [0.05, 0.1) is 0 Å². The van der Waals surface area contributed by atoms with Gasteiger partial charge in [-0.1, -0.05) is 45.1 Å². The Balaban J connectivity index is 2.29. The van der Waals surface area contributed by atoms with E-state index in [1.165, 1.54) is 0 Å². The molecule has 1 fully saturated rings. The number of carbonyl (C=O) groups excluding carboxylic acids is 1.